The van der Waals surface area contributed by atoms with Gasteiger partial charge >= 0.3 is 0 Å². The lowest BCUT2D eigenvalue weighted by Crippen LogP contribution is -2.25. The maximum absolute atomic E-state index is 5.56. The van der Waals surface area contributed by atoms with Gasteiger partial charge in [0.2, 0.25) is 5.95 Å². The Morgan fingerprint density at radius 1 is 1.00 bits per heavy atom. The lowest BCUT2D eigenvalue weighted by molar-refractivity contribution is 0.405. The molecule has 6 heteroatoms. The highest BCUT2D eigenvalue weighted by molar-refractivity contribution is 5.60. The smallest absolute Gasteiger partial charge is 0.246 e. The summed E-state index contributed by atoms with van der Waals surface area (Å²) >= 11 is 0. The molecule has 0 spiro atoms. The first-order valence-corrected chi connectivity index (χ1v) is 9.04. The molecule has 1 unspecified atom stereocenters. The van der Waals surface area contributed by atoms with Crippen LogP contribution in [0.4, 0.5) is 5.95 Å². The van der Waals surface area contributed by atoms with Gasteiger partial charge < -0.3 is 14.4 Å². The van der Waals surface area contributed by atoms with Crippen molar-refractivity contribution in [1.29, 1.82) is 0 Å². The Bertz CT molecular complexity index is 914. The number of nitrogens with zero attached hydrogens (tertiary/aromatic N) is 4. The summed E-state index contributed by atoms with van der Waals surface area (Å²) in [5, 5.41) is 8.51. The third kappa shape index (κ3) is 3.43. The molecule has 0 amide bonds. The van der Waals surface area contributed by atoms with Crippen LogP contribution in [0, 0.1) is 0 Å². The second kappa shape index (κ2) is 7.61. The summed E-state index contributed by atoms with van der Waals surface area (Å²) in [7, 11) is 3.37. The molecule has 0 saturated carbocycles. The number of ether oxygens (including phenoxy) is 2. The third-order valence-corrected chi connectivity index (χ3v) is 4.94. The topological polar surface area (TPSA) is 60.4 Å². The fraction of sp³-hybridized carbons (Fsp3) is 0.286. The van der Waals surface area contributed by atoms with Crippen molar-refractivity contribution in [1.82, 2.24) is 15.2 Å². The van der Waals surface area contributed by atoms with E-state index in [0.717, 1.165) is 47.7 Å². The van der Waals surface area contributed by atoms with Crippen molar-refractivity contribution in [2.24, 2.45) is 0 Å². The maximum atomic E-state index is 5.56. The summed E-state index contributed by atoms with van der Waals surface area (Å²) in [5.41, 5.74) is 2.95. The molecule has 0 N–H and O–H groups in total. The van der Waals surface area contributed by atoms with E-state index < -0.39 is 0 Å². The molecule has 6 nitrogen and oxygen atoms in total. The molecule has 1 atom stereocenters. The highest BCUT2D eigenvalue weighted by Gasteiger charge is 2.30. The van der Waals surface area contributed by atoms with E-state index in [9.17, 15) is 0 Å². The summed E-state index contributed by atoms with van der Waals surface area (Å²) in [6, 6.07) is 16.1. The first kappa shape index (κ1) is 17.3. The molecule has 138 valence electrons. The third-order valence-electron chi connectivity index (χ3n) is 4.94. The highest BCUT2D eigenvalue weighted by Crippen LogP contribution is 2.38. The van der Waals surface area contributed by atoms with Crippen LogP contribution in [0.1, 0.15) is 24.4 Å². The summed E-state index contributed by atoms with van der Waals surface area (Å²) in [4.78, 5) is 7.00. The van der Waals surface area contributed by atoms with Gasteiger partial charge in [0.05, 0.1) is 32.2 Å². The maximum Gasteiger partial charge on any atom is 0.246 e. The van der Waals surface area contributed by atoms with Gasteiger partial charge in [0.1, 0.15) is 11.5 Å². The van der Waals surface area contributed by atoms with Gasteiger partial charge in [-0.15, -0.1) is 5.10 Å². The van der Waals surface area contributed by atoms with E-state index in [-0.39, 0.29) is 6.04 Å². The van der Waals surface area contributed by atoms with Gasteiger partial charge in [-0.3, -0.25) is 0 Å². The van der Waals surface area contributed by atoms with Crippen LogP contribution in [0.2, 0.25) is 0 Å². The zero-order valence-electron chi connectivity index (χ0n) is 15.5. The average molecular weight is 362 g/mol. The van der Waals surface area contributed by atoms with Crippen molar-refractivity contribution in [3.63, 3.8) is 0 Å². The molecule has 1 aromatic heterocycles. The minimum atomic E-state index is 0.189. The van der Waals surface area contributed by atoms with Gasteiger partial charge in [-0.2, -0.15) is 5.10 Å². The zero-order chi connectivity index (χ0) is 18.6. The largest absolute Gasteiger partial charge is 0.497 e. The molecular weight excluding hydrogens is 340 g/mol. The van der Waals surface area contributed by atoms with Crippen molar-refractivity contribution in [3.8, 4) is 22.8 Å². The zero-order valence-corrected chi connectivity index (χ0v) is 15.5. The summed E-state index contributed by atoms with van der Waals surface area (Å²) in [6.07, 6.45) is 3.81. The number of benzene rings is 2. The monoisotopic (exact) mass is 362 g/mol. The Kier molecular flexibility index (Phi) is 4.87. The molecule has 0 radical (unpaired) electrons. The predicted molar refractivity (Wildman–Crippen MR) is 104 cm³/mol. The molecule has 1 fully saturated rings. The number of para-hydroxylation sites is 1. The highest BCUT2D eigenvalue weighted by atomic mass is 16.5. The van der Waals surface area contributed by atoms with Gasteiger partial charge in [-0.1, -0.05) is 18.2 Å². The van der Waals surface area contributed by atoms with Crippen LogP contribution in [0.25, 0.3) is 11.3 Å². The molecule has 0 bridgehead atoms. The molecule has 0 aliphatic carbocycles. The number of hydrogen-bond donors (Lipinski definition) is 0. The van der Waals surface area contributed by atoms with Crippen molar-refractivity contribution in [2.45, 2.75) is 18.9 Å². The van der Waals surface area contributed by atoms with E-state index >= 15 is 0 Å². The predicted octanol–water partition coefficient (Wildman–Crippen LogP) is 3.90. The van der Waals surface area contributed by atoms with Crippen LogP contribution >= 0.6 is 0 Å². The number of anilines is 1. The first-order chi connectivity index (χ1) is 13.3. The van der Waals surface area contributed by atoms with E-state index in [1.807, 2.05) is 42.5 Å². The van der Waals surface area contributed by atoms with Gasteiger partial charge in [-0.05, 0) is 43.2 Å². The molecule has 2 aromatic carbocycles. The Hall–Kier alpha value is -3.15. The Balaban J connectivity index is 1.66. The standard InChI is InChI=1S/C21H22N4O2/c1-26-16-11-9-15(10-12-16)18-14-22-24-21(23-18)25-13-5-7-19(25)17-6-3-4-8-20(17)27-2/h3-4,6,8-12,14,19H,5,7,13H2,1-2H3. The Labute approximate surface area is 158 Å². The number of rotatable bonds is 5. The van der Waals surface area contributed by atoms with Gasteiger partial charge in [0.15, 0.2) is 0 Å². The molecule has 1 saturated heterocycles. The minimum Gasteiger partial charge on any atom is -0.497 e. The summed E-state index contributed by atoms with van der Waals surface area (Å²) in [5.74, 6) is 2.36. The van der Waals surface area contributed by atoms with Crippen LogP contribution < -0.4 is 14.4 Å². The van der Waals surface area contributed by atoms with E-state index in [1.54, 1.807) is 20.4 Å². The minimum absolute atomic E-state index is 0.189. The van der Waals surface area contributed by atoms with Crippen molar-refractivity contribution in [2.75, 3.05) is 25.7 Å². The SMILES string of the molecule is COc1ccc(-c2cnnc(N3CCCC3c3ccccc3OC)n2)cc1. The lowest BCUT2D eigenvalue weighted by atomic mass is 10.0. The first-order valence-electron chi connectivity index (χ1n) is 9.04. The summed E-state index contributed by atoms with van der Waals surface area (Å²) in [6.45, 7) is 0.899. The summed E-state index contributed by atoms with van der Waals surface area (Å²) < 4.78 is 10.8. The Morgan fingerprint density at radius 2 is 1.81 bits per heavy atom. The van der Waals surface area contributed by atoms with Crippen LogP contribution in [0.15, 0.2) is 54.7 Å². The van der Waals surface area contributed by atoms with Gasteiger partial charge in [-0.25, -0.2) is 4.98 Å². The molecule has 27 heavy (non-hydrogen) atoms. The lowest BCUT2D eigenvalue weighted by Gasteiger charge is -2.26. The second-order valence-corrected chi connectivity index (χ2v) is 6.46. The van der Waals surface area contributed by atoms with E-state index in [4.69, 9.17) is 14.5 Å². The van der Waals surface area contributed by atoms with Crippen LogP contribution in [-0.4, -0.2) is 35.9 Å². The fourth-order valence-electron chi connectivity index (χ4n) is 3.59. The average Bonchev–Trinajstić information content (AvgIpc) is 3.23. The molecule has 4 rings (SSSR count). The fourth-order valence-corrected chi connectivity index (χ4v) is 3.59. The molecule has 1 aliphatic heterocycles. The quantitative estimate of drug-likeness (QED) is 0.686. The molecule has 3 aromatic rings. The van der Waals surface area contributed by atoms with Crippen LogP contribution in [0.3, 0.4) is 0 Å². The van der Waals surface area contributed by atoms with Crippen LogP contribution in [-0.2, 0) is 0 Å². The van der Waals surface area contributed by atoms with Gasteiger partial charge in [0.25, 0.3) is 0 Å². The van der Waals surface area contributed by atoms with Crippen molar-refractivity contribution < 1.29 is 9.47 Å². The van der Waals surface area contributed by atoms with Gasteiger partial charge in [0, 0.05) is 17.7 Å². The van der Waals surface area contributed by atoms with Crippen molar-refractivity contribution >= 4 is 5.95 Å². The number of hydrogen-bond acceptors (Lipinski definition) is 6. The van der Waals surface area contributed by atoms with E-state index in [1.165, 1.54) is 0 Å². The van der Waals surface area contributed by atoms with Crippen molar-refractivity contribution in [3.05, 3.63) is 60.3 Å². The van der Waals surface area contributed by atoms with Crippen LogP contribution in [0.5, 0.6) is 11.5 Å². The number of aromatic nitrogens is 3. The van der Waals surface area contributed by atoms with E-state index in [0.29, 0.717) is 5.95 Å². The molecular formula is C21H22N4O2. The molecule has 1 aliphatic rings. The number of methoxy groups -OCH3 is 2. The molecule has 2 heterocycles. The van der Waals surface area contributed by atoms with E-state index in [2.05, 4.69) is 21.2 Å². The second-order valence-electron chi connectivity index (χ2n) is 6.46. The normalized spacial score (nSPS) is 16.4. The Morgan fingerprint density at radius 3 is 2.59 bits per heavy atom.